The number of nitrogens with one attached hydrogen (secondary N) is 2. The molecule has 0 spiro atoms. The maximum Gasteiger partial charge on any atom is 0.0921 e. The van der Waals surface area contributed by atoms with Gasteiger partial charge in [0.05, 0.1) is 6.33 Å². The highest BCUT2D eigenvalue weighted by molar-refractivity contribution is 7.78. The predicted molar refractivity (Wildman–Crippen MR) is 39.3 cm³/mol. The third kappa shape index (κ3) is 2.07. The van der Waals surface area contributed by atoms with Crippen LogP contribution in [0, 0.1) is 0 Å². The van der Waals surface area contributed by atoms with Gasteiger partial charge in [-0.1, -0.05) is 12.8 Å². The van der Waals surface area contributed by atoms with Gasteiger partial charge in [0, 0.05) is 24.9 Å². The molecule has 2 N–H and O–H groups in total. The lowest BCUT2D eigenvalue weighted by molar-refractivity contribution is 0.888. The zero-order valence-electron chi connectivity index (χ0n) is 4.96. The first kappa shape index (κ1) is 6.64. The third-order valence-corrected chi connectivity index (χ3v) is 1.28. The summed E-state index contributed by atoms with van der Waals surface area (Å²) in [5.74, 6) is 0. The Morgan fingerprint density at radius 2 is 2.67 bits per heavy atom. The zero-order chi connectivity index (χ0) is 6.53. The number of hydrogen-bond acceptors (Lipinski definition) is 3. The summed E-state index contributed by atoms with van der Waals surface area (Å²) in [5, 5.41) is 0. The zero-order valence-corrected chi connectivity index (χ0v) is 5.86. The molecule has 0 saturated carbocycles. The van der Waals surface area contributed by atoms with Crippen LogP contribution < -0.4 is 4.72 Å². The molecule has 1 aromatic rings. The minimum Gasteiger partial charge on any atom is -0.348 e. The monoisotopic (exact) mass is 143 g/mol. The molecule has 0 amide bonds. The Bertz CT molecular complexity index is 149. The van der Waals surface area contributed by atoms with Gasteiger partial charge in [-0.15, -0.1) is 0 Å². The van der Waals surface area contributed by atoms with Crippen LogP contribution in [0.2, 0.25) is 0 Å². The van der Waals surface area contributed by atoms with E-state index in [9.17, 15) is 0 Å². The van der Waals surface area contributed by atoms with Gasteiger partial charge in [-0.05, 0) is 0 Å². The molecule has 4 heteroatoms. The molecule has 0 saturated heterocycles. The van der Waals surface area contributed by atoms with E-state index < -0.39 is 0 Å². The van der Waals surface area contributed by atoms with Crippen molar-refractivity contribution in [1.29, 1.82) is 0 Å². The standard InChI is InChI=1S/C5H9N3S/c9-8-2-1-5-3-6-4-7-5/h3-4,8-9H,1-2H2,(H,6,7). The van der Waals surface area contributed by atoms with Gasteiger partial charge >= 0.3 is 0 Å². The Hall–Kier alpha value is -0.480. The second-order valence-electron chi connectivity index (χ2n) is 1.73. The van der Waals surface area contributed by atoms with Crippen molar-refractivity contribution in [3.8, 4) is 0 Å². The van der Waals surface area contributed by atoms with Crippen molar-refractivity contribution in [1.82, 2.24) is 14.7 Å². The molecular formula is C5H9N3S. The van der Waals surface area contributed by atoms with Crippen LogP contribution in [-0.4, -0.2) is 16.5 Å². The van der Waals surface area contributed by atoms with E-state index in [4.69, 9.17) is 0 Å². The van der Waals surface area contributed by atoms with Crippen molar-refractivity contribution in [3.63, 3.8) is 0 Å². The molecule has 1 aromatic heterocycles. The summed E-state index contributed by atoms with van der Waals surface area (Å²) in [7, 11) is 0. The van der Waals surface area contributed by atoms with Crippen LogP contribution in [0.1, 0.15) is 5.69 Å². The second kappa shape index (κ2) is 3.53. The van der Waals surface area contributed by atoms with Gasteiger partial charge in [0.1, 0.15) is 0 Å². The van der Waals surface area contributed by atoms with Gasteiger partial charge in [0.25, 0.3) is 0 Å². The molecule has 0 aliphatic carbocycles. The topological polar surface area (TPSA) is 40.7 Å². The number of hydrogen-bond donors (Lipinski definition) is 3. The highest BCUT2D eigenvalue weighted by Crippen LogP contribution is 1.89. The highest BCUT2D eigenvalue weighted by Gasteiger charge is 1.89. The molecule has 0 unspecified atom stereocenters. The Kier molecular flexibility index (Phi) is 2.60. The van der Waals surface area contributed by atoms with Crippen LogP contribution in [-0.2, 0) is 6.42 Å². The molecule has 1 rings (SSSR count). The van der Waals surface area contributed by atoms with Crippen LogP contribution in [0.3, 0.4) is 0 Å². The summed E-state index contributed by atoms with van der Waals surface area (Å²) < 4.78 is 2.75. The first-order chi connectivity index (χ1) is 4.43. The molecule has 0 aliphatic heterocycles. The van der Waals surface area contributed by atoms with Crippen LogP contribution in [0.4, 0.5) is 0 Å². The molecule has 0 atom stereocenters. The Labute approximate surface area is 59.4 Å². The Morgan fingerprint density at radius 1 is 1.78 bits per heavy atom. The fourth-order valence-electron chi connectivity index (χ4n) is 0.612. The second-order valence-corrected chi connectivity index (χ2v) is 2.05. The molecule has 0 aliphatic rings. The van der Waals surface area contributed by atoms with Crippen LogP contribution in [0.5, 0.6) is 0 Å². The molecule has 0 bridgehead atoms. The summed E-state index contributed by atoms with van der Waals surface area (Å²) in [6.07, 6.45) is 4.43. The molecule has 0 aromatic carbocycles. The lowest BCUT2D eigenvalue weighted by Gasteiger charge is -1.92. The van der Waals surface area contributed by atoms with Crippen molar-refractivity contribution in [2.75, 3.05) is 6.54 Å². The van der Waals surface area contributed by atoms with E-state index in [1.807, 2.05) is 6.20 Å². The SMILES string of the molecule is SNCCc1cnc[nH]1. The molecular weight excluding hydrogens is 134 g/mol. The summed E-state index contributed by atoms with van der Waals surface area (Å²) in [5.41, 5.74) is 1.14. The summed E-state index contributed by atoms with van der Waals surface area (Å²) in [6.45, 7) is 0.866. The van der Waals surface area contributed by atoms with E-state index in [1.54, 1.807) is 6.33 Å². The Morgan fingerprint density at radius 3 is 3.22 bits per heavy atom. The minimum absolute atomic E-state index is 0.866. The molecule has 0 fully saturated rings. The molecule has 3 nitrogen and oxygen atoms in total. The molecule has 0 radical (unpaired) electrons. The lowest BCUT2D eigenvalue weighted by atomic mass is 10.3. The number of thiol groups is 1. The predicted octanol–water partition coefficient (Wildman–Crippen LogP) is 0.387. The van der Waals surface area contributed by atoms with Crippen molar-refractivity contribution in [2.24, 2.45) is 0 Å². The summed E-state index contributed by atoms with van der Waals surface area (Å²) >= 11 is 3.85. The van der Waals surface area contributed by atoms with E-state index in [0.717, 1.165) is 18.7 Å². The van der Waals surface area contributed by atoms with E-state index >= 15 is 0 Å². The summed E-state index contributed by atoms with van der Waals surface area (Å²) in [6, 6.07) is 0. The van der Waals surface area contributed by atoms with Gasteiger partial charge in [-0.2, -0.15) is 0 Å². The highest BCUT2D eigenvalue weighted by atomic mass is 32.1. The van der Waals surface area contributed by atoms with Gasteiger partial charge in [-0.25, -0.2) is 4.98 Å². The Balaban J connectivity index is 2.30. The normalized spacial score (nSPS) is 9.89. The number of H-pyrrole nitrogens is 1. The number of nitrogens with zero attached hydrogens (tertiary/aromatic N) is 1. The quantitative estimate of drug-likeness (QED) is 0.536. The summed E-state index contributed by atoms with van der Waals surface area (Å²) in [4.78, 5) is 6.85. The van der Waals surface area contributed by atoms with E-state index in [1.165, 1.54) is 0 Å². The van der Waals surface area contributed by atoms with Crippen molar-refractivity contribution in [2.45, 2.75) is 6.42 Å². The van der Waals surface area contributed by atoms with Crippen molar-refractivity contribution >= 4 is 12.8 Å². The first-order valence-corrected chi connectivity index (χ1v) is 3.22. The number of imidazole rings is 1. The van der Waals surface area contributed by atoms with Crippen LogP contribution in [0.15, 0.2) is 12.5 Å². The van der Waals surface area contributed by atoms with E-state index in [0.29, 0.717) is 0 Å². The van der Waals surface area contributed by atoms with E-state index in [-0.39, 0.29) is 0 Å². The number of rotatable bonds is 3. The first-order valence-electron chi connectivity index (χ1n) is 2.77. The average molecular weight is 143 g/mol. The maximum absolute atomic E-state index is 3.87. The lowest BCUT2D eigenvalue weighted by Crippen LogP contribution is -2.04. The fourth-order valence-corrected chi connectivity index (χ4v) is 0.724. The largest absolute Gasteiger partial charge is 0.348 e. The van der Waals surface area contributed by atoms with Crippen LogP contribution in [0.25, 0.3) is 0 Å². The fraction of sp³-hybridized carbons (Fsp3) is 0.400. The smallest absolute Gasteiger partial charge is 0.0921 e. The molecule has 9 heavy (non-hydrogen) atoms. The van der Waals surface area contributed by atoms with E-state index in [2.05, 4.69) is 27.5 Å². The van der Waals surface area contributed by atoms with Gasteiger partial charge in [0.15, 0.2) is 0 Å². The molecule has 50 valence electrons. The average Bonchev–Trinajstić information content (AvgIpc) is 2.34. The van der Waals surface area contributed by atoms with Crippen molar-refractivity contribution < 1.29 is 0 Å². The third-order valence-electron chi connectivity index (χ3n) is 1.06. The van der Waals surface area contributed by atoms with Gasteiger partial charge < -0.3 is 4.98 Å². The van der Waals surface area contributed by atoms with Gasteiger partial charge in [0.2, 0.25) is 0 Å². The number of aromatic nitrogens is 2. The van der Waals surface area contributed by atoms with Gasteiger partial charge in [-0.3, -0.25) is 4.72 Å². The number of aromatic amines is 1. The maximum atomic E-state index is 3.87. The van der Waals surface area contributed by atoms with Crippen molar-refractivity contribution in [3.05, 3.63) is 18.2 Å². The minimum atomic E-state index is 0.866. The molecule has 1 heterocycles. The van der Waals surface area contributed by atoms with Crippen LogP contribution >= 0.6 is 12.8 Å².